The number of carbonyl (C=O) groups excluding carboxylic acids is 1. The lowest BCUT2D eigenvalue weighted by atomic mass is 10.1. The normalized spacial score (nSPS) is 10.7. The average Bonchev–Trinajstić information content (AvgIpc) is 2.75. The highest BCUT2D eigenvalue weighted by Gasteiger charge is 2.04. The summed E-state index contributed by atoms with van der Waals surface area (Å²) >= 11 is 0. The van der Waals surface area contributed by atoms with Gasteiger partial charge in [0, 0.05) is 11.4 Å². The van der Waals surface area contributed by atoms with Gasteiger partial charge in [0.1, 0.15) is 5.75 Å². The van der Waals surface area contributed by atoms with Gasteiger partial charge in [-0.2, -0.15) is 0 Å². The maximum absolute atomic E-state index is 12.2. The van der Waals surface area contributed by atoms with Gasteiger partial charge in [0.15, 0.2) is 0 Å². The summed E-state index contributed by atoms with van der Waals surface area (Å²) in [5.74, 6) is 0.791. The summed E-state index contributed by atoms with van der Waals surface area (Å²) in [5, 5.41) is 8.36. The molecule has 0 aliphatic rings. The molecule has 0 aliphatic carbocycles. The van der Waals surface area contributed by atoms with Crippen LogP contribution in [0.4, 0.5) is 11.4 Å². The molecule has 3 aromatic carbocycles. The van der Waals surface area contributed by atoms with E-state index in [0.29, 0.717) is 0 Å². The number of carbonyl (C=O) groups is 1. The molecule has 2 N–H and O–H groups in total. The fourth-order valence-electron chi connectivity index (χ4n) is 3.22. The molecule has 4 nitrogen and oxygen atoms in total. The second-order valence-corrected chi connectivity index (χ2v) is 7.25. The zero-order valence-electron chi connectivity index (χ0n) is 17.1. The molecule has 0 aromatic heterocycles. The first-order valence-corrected chi connectivity index (χ1v) is 10.5. The van der Waals surface area contributed by atoms with Crippen LogP contribution >= 0.6 is 0 Å². The van der Waals surface area contributed by atoms with Crippen LogP contribution in [0.3, 0.4) is 0 Å². The van der Waals surface area contributed by atoms with Crippen molar-refractivity contribution in [3.8, 4) is 5.75 Å². The third kappa shape index (κ3) is 6.83. The molecule has 0 bridgehead atoms. The Balaban J connectivity index is 1.40. The van der Waals surface area contributed by atoms with Gasteiger partial charge < -0.3 is 15.4 Å². The molecule has 3 aromatic rings. The Morgan fingerprint density at radius 2 is 1.55 bits per heavy atom. The molecule has 0 aliphatic heterocycles. The van der Waals surface area contributed by atoms with Crippen molar-refractivity contribution in [2.24, 2.45) is 0 Å². The maximum Gasteiger partial charge on any atom is 0.243 e. The van der Waals surface area contributed by atoms with Gasteiger partial charge in [0.25, 0.3) is 0 Å². The third-order valence-corrected chi connectivity index (χ3v) is 4.86. The molecule has 0 saturated carbocycles. The third-order valence-electron chi connectivity index (χ3n) is 4.86. The molecule has 0 saturated heterocycles. The van der Waals surface area contributed by atoms with Gasteiger partial charge in [-0.15, -0.1) is 0 Å². The van der Waals surface area contributed by atoms with Gasteiger partial charge in [0.05, 0.1) is 13.2 Å². The predicted molar refractivity (Wildman–Crippen MR) is 122 cm³/mol. The van der Waals surface area contributed by atoms with Gasteiger partial charge in [-0.25, -0.2) is 0 Å². The van der Waals surface area contributed by atoms with Crippen LogP contribution in [-0.2, 0) is 4.79 Å². The fraction of sp³-hybridized carbons (Fsp3) is 0.320. The van der Waals surface area contributed by atoms with Crippen molar-refractivity contribution < 1.29 is 9.53 Å². The van der Waals surface area contributed by atoms with Crippen LogP contribution in [0.2, 0.25) is 0 Å². The Labute approximate surface area is 173 Å². The minimum Gasteiger partial charge on any atom is -0.494 e. The van der Waals surface area contributed by atoms with Crippen LogP contribution in [-0.4, -0.2) is 19.1 Å². The molecule has 29 heavy (non-hydrogen) atoms. The molecule has 0 heterocycles. The average molecular weight is 391 g/mol. The van der Waals surface area contributed by atoms with E-state index in [9.17, 15) is 4.79 Å². The van der Waals surface area contributed by atoms with Crippen molar-refractivity contribution in [2.75, 3.05) is 23.8 Å². The lowest BCUT2D eigenvalue weighted by Crippen LogP contribution is -2.21. The number of hydrogen-bond donors (Lipinski definition) is 2. The highest BCUT2D eigenvalue weighted by molar-refractivity contribution is 5.96. The smallest absolute Gasteiger partial charge is 0.243 e. The van der Waals surface area contributed by atoms with E-state index in [1.165, 1.54) is 25.7 Å². The van der Waals surface area contributed by atoms with Crippen molar-refractivity contribution in [3.05, 3.63) is 66.7 Å². The number of amides is 1. The van der Waals surface area contributed by atoms with Crippen molar-refractivity contribution in [2.45, 2.75) is 39.0 Å². The summed E-state index contributed by atoms with van der Waals surface area (Å²) in [7, 11) is 0. The van der Waals surface area contributed by atoms with Gasteiger partial charge in [-0.1, -0.05) is 62.9 Å². The second kappa shape index (κ2) is 11.1. The van der Waals surface area contributed by atoms with E-state index in [1.54, 1.807) is 0 Å². The monoisotopic (exact) mass is 390 g/mol. The largest absolute Gasteiger partial charge is 0.494 e. The van der Waals surface area contributed by atoms with Crippen molar-refractivity contribution in [1.82, 2.24) is 0 Å². The highest BCUT2D eigenvalue weighted by Crippen LogP contribution is 2.19. The van der Waals surface area contributed by atoms with Crippen LogP contribution < -0.4 is 15.4 Å². The fourth-order valence-corrected chi connectivity index (χ4v) is 3.22. The number of fused-ring (bicyclic) bond motifs is 1. The first kappa shape index (κ1) is 20.7. The zero-order valence-corrected chi connectivity index (χ0v) is 17.1. The lowest BCUT2D eigenvalue weighted by molar-refractivity contribution is -0.114. The molecule has 152 valence electrons. The number of ether oxygens (including phenoxy) is 1. The molecule has 1 amide bonds. The molecule has 0 fully saturated rings. The Morgan fingerprint density at radius 1 is 0.828 bits per heavy atom. The number of benzene rings is 3. The number of rotatable bonds is 11. The first-order valence-electron chi connectivity index (χ1n) is 10.5. The van der Waals surface area contributed by atoms with E-state index in [2.05, 4.69) is 23.6 Å². The standard InChI is InChI=1S/C25H30N2O2/c1-2-3-4-5-8-17-29-24-15-13-22(14-16-24)26-19-25(28)27-23-12-11-20-9-6-7-10-21(20)18-23/h6-7,9-16,18,26H,2-5,8,17,19H2,1H3,(H,27,28). The van der Waals surface area contributed by atoms with E-state index in [0.717, 1.165) is 40.9 Å². The Hall–Kier alpha value is -3.01. The number of nitrogens with one attached hydrogen (secondary N) is 2. The molecule has 4 heteroatoms. The maximum atomic E-state index is 12.2. The van der Waals surface area contributed by atoms with Gasteiger partial charge in [-0.05, 0) is 53.6 Å². The van der Waals surface area contributed by atoms with Crippen LogP contribution in [0, 0.1) is 0 Å². The molecule has 3 rings (SSSR count). The Morgan fingerprint density at radius 3 is 2.34 bits per heavy atom. The Kier molecular flexibility index (Phi) is 7.93. The lowest BCUT2D eigenvalue weighted by Gasteiger charge is -2.10. The second-order valence-electron chi connectivity index (χ2n) is 7.25. The quantitative estimate of drug-likeness (QED) is 0.381. The summed E-state index contributed by atoms with van der Waals surface area (Å²) in [5.41, 5.74) is 1.70. The molecule has 0 spiro atoms. The summed E-state index contributed by atoms with van der Waals surface area (Å²) in [6, 6.07) is 21.8. The SMILES string of the molecule is CCCCCCCOc1ccc(NCC(=O)Nc2ccc3ccccc3c2)cc1. The summed E-state index contributed by atoms with van der Waals surface area (Å²) < 4.78 is 5.77. The number of hydrogen-bond acceptors (Lipinski definition) is 3. The molecule has 0 radical (unpaired) electrons. The summed E-state index contributed by atoms with van der Waals surface area (Å²) in [6.45, 7) is 3.19. The molecule has 0 unspecified atom stereocenters. The van der Waals surface area contributed by atoms with Gasteiger partial charge >= 0.3 is 0 Å². The van der Waals surface area contributed by atoms with E-state index < -0.39 is 0 Å². The molecule has 0 atom stereocenters. The van der Waals surface area contributed by atoms with Crippen LogP contribution in [0.5, 0.6) is 5.75 Å². The summed E-state index contributed by atoms with van der Waals surface area (Å²) in [4.78, 5) is 12.2. The van der Waals surface area contributed by atoms with Crippen molar-refractivity contribution in [1.29, 1.82) is 0 Å². The predicted octanol–water partition coefficient (Wildman–Crippen LogP) is 6.24. The summed E-state index contributed by atoms with van der Waals surface area (Å²) in [6.07, 6.45) is 6.16. The van der Waals surface area contributed by atoms with Crippen LogP contribution in [0.1, 0.15) is 39.0 Å². The van der Waals surface area contributed by atoms with E-state index in [4.69, 9.17) is 4.74 Å². The van der Waals surface area contributed by atoms with E-state index in [1.807, 2.05) is 60.7 Å². The molecular formula is C25H30N2O2. The first-order chi connectivity index (χ1) is 14.2. The minimum atomic E-state index is -0.0762. The van der Waals surface area contributed by atoms with Gasteiger partial charge in [0.2, 0.25) is 5.91 Å². The van der Waals surface area contributed by atoms with Crippen molar-refractivity contribution >= 4 is 28.1 Å². The highest BCUT2D eigenvalue weighted by atomic mass is 16.5. The topological polar surface area (TPSA) is 50.4 Å². The van der Waals surface area contributed by atoms with Crippen molar-refractivity contribution in [3.63, 3.8) is 0 Å². The van der Waals surface area contributed by atoms with E-state index in [-0.39, 0.29) is 12.5 Å². The Bertz CT molecular complexity index is 906. The van der Waals surface area contributed by atoms with Gasteiger partial charge in [-0.3, -0.25) is 4.79 Å². The number of anilines is 2. The zero-order chi connectivity index (χ0) is 20.3. The molecular weight excluding hydrogens is 360 g/mol. The van der Waals surface area contributed by atoms with Crippen LogP contribution in [0.25, 0.3) is 10.8 Å². The minimum absolute atomic E-state index is 0.0762. The number of unbranched alkanes of at least 4 members (excludes halogenated alkanes) is 4. The van der Waals surface area contributed by atoms with Crippen LogP contribution in [0.15, 0.2) is 66.7 Å². The van der Waals surface area contributed by atoms with E-state index >= 15 is 0 Å².